The Labute approximate surface area is 158 Å². The highest BCUT2D eigenvalue weighted by atomic mass is 16.2. The average molecular weight is 360 g/mol. The van der Waals surface area contributed by atoms with Gasteiger partial charge in [0.05, 0.1) is 0 Å². The summed E-state index contributed by atoms with van der Waals surface area (Å²) < 4.78 is 0. The molecule has 144 valence electrons. The second-order valence-electron chi connectivity index (χ2n) is 7.07. The van der Waals surface area contributed by atoms with Crippen LogP contribution in [0.15, 0.2) is 30.3 Å². The van der Waals surface area contributed by atoms with Gasteiger partial charge in [0.15, 0.2) is 0 Å². The van der Waals surface area contributed by atoms with Gasteiger partial charge in [-0.05, 0) is 25.1 Å². The summed E-state index contributed by atoms with van der Waals surface area (Å²) in [4.78, 5) is 31.2. The van der Waals surface area contributed by atoms with E-state index in [9.17, 15) is 9.59 Å². The fourth-order valence-corrected chi connectivity index (χ4v) is 3.49. The zero-order valence-corrected chi connectivity index (χ0v) is 16.5. The van der Waals surface area contributed by atoms with E-state index in [1.807, 2.05) is 34.9 Å². The zero-order chi connectivity index (χ0) is 18.9. The Morgan fingerprint density at radius 1 is 1.00 bits per heavy atom. The first kappa shape index (κ1) is 20.4. The first-order valence-electron chi connectivity index (χ1n) is 9.88. The van der Waals surface area contributed by atoms with Crippen molar-refractivity contribution in [3.63, 3.8) is 0 Å². The number of carbonyl (C=O) groups excluding carboxylic acids is 2. The number of hydrogen-bond donors (Lipinski definition) is 0. The Morgan fingerprint density at radius 3 is 2.15 bits per heavy atom. The van der Waals surface area contributed by atoms with Crippen molar-refractivity contribution in [1.82, 2.24) is 14.7 Å². The molecule has 0 spiro atoms. The Morgan fingerprint density at radius 2 is 1.58 bits per heavy atom. The zero-order valence-electron chi connectivity index (χ0n) is 16.5. The number of benzene rings is 1. The molecular weight excluding hydrogens is 326 g/mol. The summed E-state index contributed by atoms with van der Waals surface area (Å²) in [6.45, 7) is 11.6. The van der Waals surface area contributed by atoms with Gasteiger partial charge in [-0.2, -0.15) is 0 Å². The first-order valence-corrected chi connectivity index (χ1v) is 9.88. The molecule has 0 aromatic heterocycles. The lowest BCUT2D eigenvalue weighted by Gasteiger charge is -2.36. The second-order valence-corrected chi connectivity index (χ2v) is 7.07. The van der Waals surface area contributed by atoms with Crippen LogP contribution in [0, 0.1) is 5.92 Å². The van der Waals surface area contributed by atoms with Crippen molar-refractivity contribution in [3.8, 4) is 0 Å². The fourth-order valence-electron chi connectivity index (χ4n) is 3.49. The Bertz CT molecular complexity index is 564. The van der Waals surface area contributed by atoms with Crippen molar-refractivity contribution < 1.29 is 9.59 Å². The van der Waals surface area contributed by atoms with E-state index in [2.05, 4.69) is 30.9 Å². The van der Waals surface area contributed by atoms with Crippen LogP contribution in [0.1, 0.15) is 32.8 Å². The van der Waals surface area contributed by atoms with Gasteiger partial charge in [0.2, 0.25) is 11.8 Å². The van der Waals surface area contributed by atoms with Gasteiger partial charge in [-0.15, -0.1) is 0 Å². The van der Waals surface area contributed by atoms with Gasteiger partial charge >= 0.3 is 0 Å². The lowest BCUT2D eigenvalue weighted by atomic mass is 9.99. The molecule has 26 heavy (non-hydrogen) atoms. The van der Waals surface area contributed by atoms with E-state index in [1.165, 1.54) is 5.56 Å². The fraction of sp³-hybridized carbons (Fsp3) is 0.619. The molecule has 0 saturated carbocycles. The summed E-state index contributed by atoms with van der Waals surface area (Å²) in [6.07, 6.45) is 1.34. The van der Waals surface area contributed by atoms with Crippen LogP contribution >= 0.6 is 0 Å². The van der Waals surface area contributed by atoms with E-state index in [0.29, 0.717) is 32.6 Å². The Kier molecular flexibility index (Phi) is 8.10. The van der Waals surface area contributed by atoms with Crippen molar-refractivity contribution in [1.29, 1.82) is 0 Å². The van der Waals surface area contributed by atoms with Crippen molar-refractivity contribution >= 4 is 11.8 Å². The maximum Gasteiger partial charge on any atom is 0.225 e. The molecule has 0 aliphatic carbocycles. The number of rotatable bonds is 8. The molecule has 1 fully saturated rings. The van der Waals surface area contributed by atoms with E-state index < -0.39 is 0 Å². The quantitative estimate of drug-likeness (QED) is 0.715. The standard InChI is InChI=1S/C21H33N3O2/c1-4-22(5-2)12-11-20(25)23-13-15-24(16-14-23)21(26)18(3)17-19-9-7-6-8-10-19/h6-10,18H,4-5,11-17H2,1-3H3. The molecule has 0 N–H and O–H groups in total. The third-order valence-electron chi connectivity index (χ3n) is 5.29. The highest BCUT2D eigenvalue weighted by Gasteiger charge is 2.26. The molecule has 1 heterocycles. The monoisotopic (exact) mass is 359 g/mol. The van der Waals surface area contributed by atoms with E-state index in [4.69, 9.17) is 0 Å². The number of nitrogens with zero attached hydrogens (tertiary/aromatic N) is 3. The summed E-state index contributed by atoms with van der Waals surface area (Å²) in [5, 5.41) is 0. The van der Waals surface area contributed by atoms with Crippen LogP contribution < -0.4 is 0 Å². The minimum absolute atomic E-state index is 0.0256. The Hall–Kier alpha value is -1.88. The molecule has 1 aliphatic heterocycles. The summed E-state index contributed by atoms with van der Waals surface area (Å²) in [5.41, 5.74) is 1.19. The lowest BCUT2D eigenvalue weighted by Crippen LogP contribution is -2.52. The highest BCUT2D eigenvalue weighted by molar-refractivity contribution is 5.80. The van der Waals surface area contributed by atoms with Crippen LogP contribution in [0.4, 0.5) is 0 Å². The van der Waals surface area contributed by atoms with E-state index in [1.54, 1.807) is 0 Å². The molecule has 1 aliphatic rings. The smallest absolute Gasteiger partial charge is 0.225 e. The maximum absolute atomic E-state index is 12.7. The molecule has 5 heteroatoms. The molecule has 2 rings (SSSR count). The van der Waals surface area contributed by atoms with Gasteiger partial charge < -0.3 is 14.7 Å². The molecule has 1 aromatic carbocycles. The predicted octanol–water partition coefficient (Wildman–Crippen LogP) is 2.27. The minimum atomic E-state index is -0.0256. The van der Waals surface area contributed by atoms with Gasteiger partial charge in [-0.1, -0.05) is 51.1 Å². The second kappa shape index (κ2) is 10.3. The van der Waals surface area contributed by atoms with Crippen LogP contribution in [0.3, 0.4) is 0 Å². The van der Waals surface area contributed by atoms with Crippen LogP contribution in [-0.2, 0) is 16.0 Å². The van der Waals surface area contributed by atoms with E-state index in [-0.39, 0.29) is 17.7 Å². The molecular formula is C21H33N3O2. The normalized spacial score (nSPS) is 16.0. The van der Waals surface area contributed by atoms with Crippen LogP contribution in [-0.4, -0.2) is 72.3 Å². The number of carbonyl (C=O) groups is 2. The van der Waals surface area contributed by atoms with Crippen molar-refractivity contribution in [3.05, 3.63) is 35.9 Å². The summed E-state index contributed by atoms with van der Waals surface area (Å²) in [6, 6.07) is 10.1. The van der Waals surface area contributed by atoms with Crippen LogP contribution in [0.25, 0.3) is 0 Å². The molecule has 1 unspecified atom stereocenters. The number of amides is 2. The predicted molar refractivity (Wildman–Crippen MR) is 105 cm³/mol. The number of piperazine rings is 1. The molecule has 1 atom stereocenters. The topological polar surface area (TPSA) is 43.9 Å². The Balaban J connectivity index is 1.76. The van der Waals surface area contributed by atoms with Gasteiger partial charge in [-0.25, -0.2) is 0 Å². The lowest BCUT2D eigenvalue weighted by molar-refractivity contribution is -0.141. The maximum atomic E-state index is 12.7. The summed E-state index contributed by atoms with van der Waals surface area (Å²) in [5.74, 6) is 0.382. The third kappa shape index (κ3) is 5.84. The highest BCUT2D eigenvalue weighted by Crippen LogP contribution is 2.13. The van der Waals surface area contributed by atoms with Crippen molar-refractivity contribution in [2.75, 3.05) is 45.8 Å². The molecule has 0 radical (unpaired) electrons. The summed E-state index contributed by atoms with van der Waals surface area (Å²) in [7, 11) is 0. The molecule has 0 bridgehead atoms. The van der Waals surface area contributed by atoms with Crippen LogP contribution in [0.2, 0.25) is 0 Å². The van der Waals surface area contributed by atoms with Crippen molar-refractivity contribution in [2.45, 2.75) is 33.6 Å². The van der Waals surface area contributed by atoms with Gasteiger partial charge in [0.25, 0.3) is 0 Å². The van der Waals surface area contributed by atoms with E-state index in [0.717, 1.165) is 26.1 Å². The molecule has 5 nitrogen and oxygen atoms in total. The SMILES string of the molecule is CCN(CC)CCC(=O)N1CCN(C(=O)C(C)Cc2ccccc2)CC1. The molecule has 1 aromatic rings. The molecule has 2 amide bonds. The van der Waals surface area contributed by atoms with Gasteiger partial charge in [0, 0.05) is 45.1 Å². The third-order valence-corrected chi connectivity index (χ3v) is 5.29. The van der Waals surface area contributed by atoms with Gasteiger partial charge in [-0.3, -0.25) is 9.59 Å². The van der Waals surface area contributed by atoms with E-state index >= 15 is 0 Å². The van der Waals surface area contributed by atoms with Crippen LogP contribution in [0.5, 0.6) is 0 Å². The number of hydrogen-bond acceptors (Lipinski definition) is 3. The average Bonchev–Trinajstić information content (AvgIpc) is 2.69. The summed E-state index contributed by atoms with van der Waals surface area (Å²) >= 11 is 0. The molecule has 1 saturated heterocycles. The van der Waals surface area contributed by atoms with Crippen molar-refractivity contribution in [2.24, 2.45) is 5.92 Å². The first-order chi connectivity index (χ1) is 12.5. The van der Waals surface area contributed by atoms with Gasteiger partial charge in [0.1, 0.15) is 0 Å². The minimum Gasteiger partial charge on any atom is -0.339 e. The largest absolute Gasteiger partial charge is 0.339 e.